The molecule has 0 spiro atoms. The maximum Gasteiger partial charge on any atom is 0.160 e. The van der Waals surface area contributed by atoms with Gasteiger partial charge in [-0.15, -0.1) is 0 Å². The van der Waals surface area contributed by atoms with Gasteiger partial charge in [0.25, 0.3) is 0 Å². The van der Waals surface area contributed by atoms with Crippen LogP contribution in [-0.4, -0.2) is 18.1 Å². The molecular weight excluding hydrogens is 188 g/mol. The number of hydrogen-bond donors (Lipinski definition) is 0. The second kappa shape index (κ2) is 3.51. The Kier molecular flexibility index (Phi) is 2.03. The summed E-state index contributed by atoms with van der Waals surface area (Å²) in [4.78, 5) is 9.91. The van der Waals surface area contributed by atoms with Crippen LogP contribution < -0.4 is 5.06 Å². The molecule has 1 saturated heterocycles. The van der Waals surface area contributed by atoms with Crippen molar-refractivity contribution in [1.29, 1.82) is 0 Å². The van der Waals surface area contributed by atoms with Gasteiger partial charge in [-0.2, -0.15) is 0 Å². The van der Waals surface area contributed by atoms with Crippen molar-refractivity contribution in [3.8, 4) is 0 Å². The Morgan fingerprint density at radius 1 is 1.20 bits per heavy atom. The molecule has 0 saturated carbocycles. The van der Waals surface area contributed by atoms with Gasteiger partial charge in [0.2, 0.25) is 0 Å². The fourth-order valence-corrected chi connectivity index (χ4v) is 1.92. The smallest absolute Gasteiger partial charge is 0.160 e. The van der Waals surface area contributed by atoms with Crippen molar-refractivity contribution in [2.45, 2.75) is 6.42 Å². The maximum absolute atomic E-state index is 5.52. The SMILES string of the molecule is c1ccc2c(N3CCCO3)nccc2c1. The molecule has 15 heavy (non-hydrogen) atoms. The number of fused-ring (bicyclic) bond motifs is 1. The molecule has 0 atom stereocenters. The van der Waals surface area contributed by atoms with Gasteiger partial charge in [0, 0.05) is 18.1 Å². The van der Waals surface area contributed by atoms with Crippen LogP contribution in [-0.2, 0) is 4.84 Å². The van der Waals surface area contributed by atoms with E-state index in [1.54, 1.807) is 0 Å². The highest BCUT2D eigenvalue weighted by atomic mass is 16.7. The molecule has 1 fully saturated rings. The van der Waals surface area contributed by atoms with Crippen molar-refractivity contribution >= 4 is 16.6 Å². The Morgan fingerprint density at radius 2 is 2.13 bits per heavy atom. The molecule has 2 aromatic rings. The van der Waals surface area contributed by atoms with Gasteiger partial charge < -0.3 is 0 Å². The van der Waals surface area contributed by atoms with E-state index >= 15 is 0 Å². The highest BCUT2D eigenvalue weighted by molar-refractivity contribution is 5.91. The van der Waals surface area contributed by atoms with Gasteiger partial charge in [0.05, 0.1) is 6.61 Å². The zero-order chi connectivity index (χ0) is 10.1. The topological polar surface area (TPSA) is 25.4 Å². The van der Waals surface area contributed by atoms with Crippen LogP contribution in [0.25, 0.3) is 10.8 Å². The summed E-state index contributed by atoms with van der Waals surface area (Å²) < 4.78 is 0. The van der Waals surface area contributed by atoms with Crippen molar-refractivity contribution in [3.63, 3.8) is 0 Å². The lowest BCUT2D eigenvalue weighted by Gasteiger charge is -2.16. The van der Waals surface area contributed by atoms with Crippen molar-refractivity contribution in [1.82, 2.24) is 4.98 Å². The number of rotatable bonds is 1. The first-order valence-electron chi connectivity index (χ1n) is 5.19. The molecule has 1 aliphatic heterocycles. The predicted octanol–water partition coefficient (Wildman–Crippen LogP) is 2.38. The lowest BCUT2D eigenvalue weighted by Crippen LogP contribution is -2.17. The zero-order valence-corrected chi connectivity index (χ0v) is 8.39. The van der Waals surface area contributed by atoms with Crippen molar-refractivity contribution < 1.29 is 4.84 Å². The number of benzene rings is 1. The van der Waals surface area contributed by atoms with Crippen LogP contribution in [0.2, 0.25) is 0 Å². The first-order valence-corrected chi connectivity index (χ1v) is 5.19. The fourth-order valence-electron chi connectivity index (χ4n) is 1.92. The summed E-state index contributed by atoms with van der Waals surface area (Å²) in [6.45, 7) is 1.73. The van der Waals surface area contributed by atoms with Gasteiger partial charge in [-0.1, -0.05) is 24.3 Å². The Hall–Kier alpha value is -1.61. The van der Waals surface area contributed by atoms with Crippen molar-refractivity contribution in [3.05, 3.63) is 36.5 Å². The molecule has 0 bridgehead atoms. The van der Waals surface area contributed by atoms with E-state index in [0.29, 0.717) is 0 Å². The second-order valence-corrected chi connectivity index (χ2v) is 3.64. The summed E-state index contributed by atoms with van der Waals surface area (Å²) in [5.41, 5.74) is 0. The first kappa shape index (κ1) is 8.68. The van der Waals surface area contributed by atoms with Crippen LogP contribution in [0.1, 0.15) is 6.42 Å². The predicted molar refractivity (Wildman–Crippen MR) is 59.7 cm³/mol. The minimum Gasteiger partial charge on any atom is -0.272 e. The highest BCUT2D eigenvalue weighted by Crippen LogP contribution is 2.25. The van der Waals surface area contributed by atoms with Crippen LogP contribution in [0.4, 0.5) is 5.82 Å². The van der Waals surface area contributed by atoms with Crippen molar-refractivity contribution in [2.24, 2.45) is 0 Å². The molecule has 0 aliphatic carbocycles. The van der Waals surface area contributed by atoms with E-state index in [4.69, 9.17) is 4.84 Å². The summed E-state index contributed by atoms with van der Waals surface area (Å²) in [6.07, 6.45) is 2.91. The monoisotopic (exact) mass is 200 g/mol. The van der Waals surface area contributed by atoms with E-state index in [0.717, 1.165) is 30.8 Å². The van der Waals surface area contributed by atoms with Gasteiger partial charge in [-0.25, -0.2) is 10.0 Å². The Morgan fingerprint density at radius 3 is 3.00 bits per heavy atom. The van der Waals surface area contributed by atoms with Crippen LogP contribution in [0, 0.1) is 0 Å². The summed E-state index contributed by atoms with van der Waals surface area (Å²) >= 11 is 0. The molecule has 3 rings (SSSR count). The Balaban J connectivity index is 2.16. The van der Waals surface area contributed by atoms with Gasteiger partial charge in [-0.05, 0) is 17.9 Å². The summed E-state index contributed by atoms with van der Waals surface area (Å²) in [6, 6.07) is 10.3. The highest BCUT2D eigenvalue weighted by Gasteiger charge is 2.16. The van der Waals surface area contributed by atoms with Crippen LogP contribution >= 0.6 is 0 Å². The zero-order valence-electron chi connectivity index (χ0n) is 8.39. The first-order chi connectivity index (χ1) is 7.45. The van der Waals surface area contributed by atoms with E-state index < -0.39 is 0 Å². The minimum absolute atomic E-state index is 0.797. The largest absolute Gasteiger partial charge is 0.272 e. The standard InChI is InChI=1S/C12H12N2O/c1-2-5-11-10(4-1)6-7-13-12(11)14-8-3-9-15-14/h1-2,4-7H,3,8-9H2. The summed E-state index contributed by atoms with van der Waals surface area (Å²) in [5, 5.41) is 4.25. The molecular formula is C12H12N2O. The van der Waals surface area contributed by atoms with E-state index in [2.05, 4.69) is 17.1 Å². The molecule has 1 aliphatic rings. The Labute approximate surface area is 88.2 Å². The average molecular weight is 200 g/mol. The molecule has 0 amide bonds. The van der Waals surface area contributed by atoms with Gasteiger partial charge >= 0.3 is 0 Å². The summed E-state index contributed by atoms with van der Waals surface area (Å²) in [5.74, 6) is 0.936. The average Bonchev–Trinajstić information content (AvgIpc) is 2.82. The third kappa shape index (κ3) is 1.45. The molecule has 0 unspecified atom stereocenters. The molecule has 2 heterocycles. The van der Waals surface area contributed by atoms with E-state index in [1.807, 2.05) is 29.5 Å². The second-order valence-electron chi connectivity index (χ2n) is 3.64. The lowest BCUT2D eigenvalue weighted by atomic mass is 10.1. The van der Waals surface area contributed by atoms with Gasteiger partial charge in [0.1, 0.15) is 0 Å². The lowest BCUT2D eigenvalue weighted by molar-refractivity contribution is 0.167. The maximum atomic E-state index is 5.52. The quantitative estimate of drug-likeness (QED) is 0.706. The number of hydroxylamine groups is 1. The van der Waals surface area contributed by atoms with Crippen molar-refractivity contribution in [2.75, 3.05) is 18.2 Å². The Bertz CT molecular complexity index is 473. The van der Waals surface area contributed by atoms with E-state index in [1.165, 1.54) is 5.39 Å². The molecule has 1 aromatic carbocycles. The van der Waals surface area contributed by atoms with Crippen LogP contribution in [0.5, 0.6) is 0 Å². The summed E-state index contributed by atoms with van der Waals surface area (Å²) in [7, 11) is 0. The molecule has 76 valence electrons. The third-order valence-electron chi connectivity index (χ3n) is 2.64. The molecule has 1 aromatic heterocycles. The van der Waals surface area contributed by atoms with Crippen LogP contribution in [0.15, 0.2) is 36.5 Å². The van der Waals surface area contributed by atoms with E-state index in [-0.39, 0.29) is 0 Å². The minimum atomic E-state index is 0.797. The van der Waals surface area contributed by atoms with E-state index in [9.17, 15) is 0 Å². The number of anilines is 1. The number of pyridine rings is 1. The van der Waals surface area contributed by atoms with Gasteiger partial charge in [0.15, 0.2) is 5.82 Å². The molecule has 3 heteroatoms. The molecule has 3 nitrogen and oxygen atoms in total. The molecule has 0 radical (unpaired) electrons. The fraction of sp³-hybridized carbons (Fsp3) is 0.250. The van der Waals surface area contributed by atoms with Gasteiger partial charge in [-0.3, -0.25) is 4.84 Å². The number of aromatic nitrogens is 1. The number of nitrogens with zero attached hydrogens (tertiary/aromatic N) is 2. The molecule has 0 N–H and O–H groups in total. The van der Waals surface area contributed by atoms with Crippen LogP contribution in [0.3, 0.4) is 0 Å². The number of hydrogen-bond acceptors (Lipinski definition) is 3. The third-order valence-corrected chi connectivity index (χ3v) is 2.64. The normalized spacial score (nSPS) is 16.1.